The Bertz CT molecular complexity index is 1300. The lowest BCUT2D eigenvalue weighted by Crippen LogP contribution is -2.48. The molecule has 1 spiro atoms. The van der Waals surface area contributed by atoms with Crippen LogP contribution in [0.1, 0.15) is 50.3 Å². The summed E-state index contributed by atoms with van der Waals surface area (Å²) in [5.74, 6) is 0. The number of benzene rings is 2. The van der Waals surface area contributed by atoms with Crippen molar-refractivity contribution in [3.8, 4) is 11.3 Å². The van der Waals surface area contributed by atoms with E-state index in [0.717, 1.165) is 46.5 Å². The van der Waals surface area contributed by atoms with E-state index in [9.17, 15) is 14.7 Å². The normalized spacial score (nSPS) is 16.4. The lowest BCUT2D eigenvalue weighted by molar-refractivity contribution is 0.0561. The topological polar surface area (TPSA) is 95.1 Å². The summed E-state index contributed by atoms with van der Waals surface area (Å²) >= 11 is 0. The number of hydrogen-bond acceptors (Lipinski definition) is 5. The maximum absolute atomic E-state index is 13.3. The number of aromatic nitrogens is 1. The molecule has 2 N–H and O–H groups in total. The minimum Gasteiger partial charge on any atom is -0.445 e. The molecule has 2 aromatic carbocycles. The number of nitrogens with zero attached hydrogens (tertiary/aromatic N) is 2. The molecule has 8 nitrogen and oxygen atoms in total. The Morgan fingerprint density at radius 3 is 2.39 bits per heavy atom. The maximum Gasteiger partial charge on any atom is 0.414 e. The van der Waals surface area contributed by atoms with Crippen molar-refractivity contribution in [3.63, 3.8) is 0 Å². The fourth-order valence-electron chi connectivity index (χ4n) is 5.38. The van der Waals surface area contributed by atoms with Crippen LogP contribution in [0.15, 0.2) is 60.8 Å². The van der Waals surface area contributed by atoms with E-state index in [1.54, 1.807) is 16.0 Å². The molecule has 200 valence electrons. The molecule has 0 bridgehead atoms. The summed E-state index contributed by atoms with van der Waals surface area (Å²) in [6, 6.07) is 17.7. The van der Waals surface area contributed by atoms with Crippen LogP contribution in [-0.4, -0.2) is 52.4 Å². The molecular formula is C30H35N3O5. The number of rotatable bonds is 4. The van der Waals surface area contributed by atoms with Crippen molar-refractivity contribution in [1.82, 2.24) is 9.88 Å². The van der Waals surface area contributed by atoms with Crippen LogP contribution >= 0.6 is 0 Å². The summed E-state index contributed by atoms with van der Waals surface area (Å²) in [6.45, 7) is 7.39. The second-order valence-corrected chi connectivity index (χ2v) is 11.2. The lowest BCUT2D eigenvalue weighted by atomic mass is 9.74. The molecule has 2 aliphatic heterocycles. The molecule has 2 amide bonds. The van der Waals surface area contributed by atoms with Crippen molar-refractivity contribution in [3.05, 3.63) is 77.5 Å². The van der Waals surface area contributed by atoms with Crippen molar-refractivity contribution < 1.29 is 24.2 Å². The number of carbonyl (C=O) groups is 2. The SMILES string of the molecule is CC(C)(C)OC(=O)N1CC2(CCN(C(=O)OCc3ccccc3)CC2)c2ccc(-c3cc(CO)c[nH]3)cc21. The van der Waals surface area contributed by atoms with Gasteiger partial charge in [0, 0.05) is 42.5 Å². The number of ether oxygens (including phenoxy) is 2. The van der Waals surface area contributed by atoms with Crippen LogP contribution in [0, 0.1) is 0 Å². The fraction of sp³-hybridized carbons (Fsp3) is 0.400. The Morgan fingerprint density at radius 1 is 1.00 bits per heavy atom. The Labute approximate surface area is 223 Å². The molecule has 0 saturated carbocycles. The second kappa shape index (κ2) is 10.2. The van der Waals surface area contributed by atoms with Gasteiger partial charge in [-0.05, 0) is 62.4 Å². The smallest absolute Gasteiger partial charge is 0.414 e. The number of carbonyl (C=O) groups excluding carboxylic acids is 2. The van der Waals surface area contributed by atoms with E-state index in [2.05, 4.69) is 11.1 Å². The first-order valence-corrected chi connectivity index (χ1v) is 13.1. The maximum atomic E-state index is 13.3. The van der Waals surface area contributed by atoms with Gasteiger partial charge in [0.1, 0.15) is 12.2 Å². The third-order valence-corrected chi connectivity index (χ3v) is 7.35. The van der Waals surface area contributed by atoms with Gasteiger partial charge in [0.15, 0.2) is 0 Å². The number of amides is 2. The van der Waals surface area contributed by atoms with E-state index in [1.807, 2.05) is 69.3 Å². The van der Waals surface area contributed by atoms with Crippen LogP contribution in [0.5, 0.6) is 0 Å². The van der Waals surface area contributed by atoms with Gasteiger partial charge in [-0.1, -0.05) is 42.5 Å². The molecule has 1 fully saturated rings. The van der Waals surface area contributed by atoms with Gasteiger partial charge in [0.05, 0.1) is 12.3 Å². The Kier molecular flexibility index (Phi) is 6.92. The molecule has 2 aliphatic rings. The van der Waals surface area contributed by atoms with Gasteiger partial charge in [-0.15, -0.1) is 0 Å². The van der Waals surface area contributed by atoms with E-state index in [-0.39, 0.29) is 30.8 Å². The minimum absolute atomic E-state index is 0.0428. The first-order valence-electron chi connectivity index (χ1n) is 13.1. The summed E-state index contributed by atoms with van der Waals surface area (Å²) in [6.07, 6.45) is 2.53. The Hall–Kier alpha value is -3.78. The zero-order valence-electron chi connectivity index (χ0n) is 22.2. The van der Waals surface area contributed by atoms with E-state index < -0.39 is 5.60 Å². The van der Waals surface area contributed by atoms with E-state index in [4.69, 9.17) is 9.47 Å². The number of aliphatic hydroxyl groups is 1. The van der Waals surface area contributed by atoms with Crippen molar-refractivity contribution in [1.29, 1.82) is 0 Å². The van der Waals surface area contributed by atoms with Crippen molar-refractivity contribution >= 4 is 17.9 Å². The predicted octanol–water partition coefficient (Wildman–Crippen LogP) is 5.60. The first kappa shape index (κ1) is 25.9. The molecule has 1 saturated heterocycles. The van der Waals surface area contributed by atoms with Gasteiger partial charge in [0.2, 0.25) is 0 Å². The molecule has 0 aliphatic carbocycles. The van der Waals surface area contributed by atoms with Crippen LogP contribution in [0.4, 0.5) is 15.3 Å². The van der Waals surface area contributed by atoms with Crippen LogP contribution in [-0.2, 0) is 28.1 Å². The highest BCUT2D eigenvalue weighted by atomic mass is 16.6. The number of nitrogens with one attached hydrogen (secondary N) is 1. The summed E-state index contributed by atoms with van der Waals surface area (Å²) in [7, 11) is 0. The summed E-state index contributed by atoms with van der Waals surface area (Å²) in [5, 5.41) is 9.47. The molecule has 0 unspecified atom stereocenters. The van der Waals surface area contributed by atoms with Gasteiger partial charge >= 0.3 is 12.2 Å². The van der Waals surface area contributed by atoms with Gasteiger partial charge in [0.25, 0.3) is 0 Å². The summed E-state index contributed by atoms with van der Waals surface area (Å²) in [5.41, 5.74) is 4.59. The Morgan fingerprint density at radius 2 is 1.74 bits per heavy atom. The van der Waals surface area contributed by atoms with Crippen molar-refractivity contribution in [2.45, 2.75) is 57.8 Å². The average molecular weight is 518 g/mol. The molecule has 0 atom stereocenters. The number of likely N-dealkylation sites (tertiary alicyclic amines) is 1. The highest BCUT2D eigenvalue weighted by Gasteiger charge is 2.48. The number of aliphatic hydroxyl groups excluding tert-OH is 1. The van der Waals surface area contributed by atoms with Gasteiger partial charge in [-0.25, -0.2) is 9.59 Å². The van der Waals surface area contributed by atoms with Crippen molar-refractivity contribution in [2.24, 2.45) is 0 Å². The van der Waals surface area contributed by atoms with Crippen LogP contribution in [0.2, 0.25) is 0 Å². The van der Waals surface area contributed by atoms with Gasteiger partial charge in [-0.2, -0.15) is 0 Å². The molecular weight excluding hydrogens is 482 g/mol. The van der Waals surface area contributed by atoms with E-state index in [0.29, 0.717) is 19.6 Å². The standard InChI is InChI=1S/C30H35N3O5/c1-29(2,3)38-28(36)33-20-30(24-10-9-23(16-26(24)33)25-15-22(18-34)17-31-25)11-13-32(14-12-30)27(35)37-19-21-7-5-4-6-8-21/h4-10,15-17,31,34H,11-14,18-20H2,1-3H3. The van der Waals surface area contributed by atoms with Gasteiger partial charge in [-0.3, -0.25) is 4.90 Å². The molecule has 8 heteroatoms. The lowest BCUT2D eigenvalue weighted by Gasteiger charge is -2.39. The Balaban J connectivity index is 1.36. The summed E-state index contributed by atoms with van der Waals surface area (Å²) in [4.78, 5) is 32.8. The highest BCUT2D eigenvalue weighted by Crippen LogP contribution is 2.48. The van der Waals surface area contributed by atoms with Gasteiger partial charge < -0.3 is 24.5 Å². The molecule has 3 aromatic rings. The predicted molar refractivity (Wildman–Crippen MR) is 145 cm³/mol. The van der Waals surface area contributed by atoms with Crippen LogP contribution in [0.3, 0.4) is 0 Å². The van der Waals surface area contributed by atoms with Crippen LogP contribution < -0.4 is 4.90 Å². The number of anilines is 1. The molecule has 3 heterocycles. The largest absolute Gasteiger partial charge is 0.445 e. The van der Waals surface area contributed by atoms with E-state index >= 15 is 0 Å². The van der Waals surface area contributed by atoms with Crippen LogP contribution in [0.25, 0.3) is 11.3 Å². The van der Waals surface area contributed by atoms with E-state index in [1.165, 1.54) is 0 Å². The number of fused-ring (bicyclic) bond motifs is 2. The molecule has 0 radical (unpaired) electrons. The monoisotopic (exact) mass is 517 g/mol. The number of aromatic amines is 1. The molecule has 1 aromatic heterocycles. The average Bonchev–Trinajstić information content (AvgIpc) is 3.51. The number of hydrogen-bond donors (Lipinski definition) is 2. The quantitative estimate of drug-likeness (QED) is 0.470. The molecule has 5 rings (SSSR count). The zero-order valence-corrected chi connectivity index (χ0v) is 22.2. The minimum atomic E-state index is -0.619. The first-order chi connectivity index (χ1) is 18.2. The number of piperidine rings is 1. The highest BCUT2D eigenvalue weighted by molar-refractivity contribution is 5.93. The third-order valence-electron chi connectivity index (χ3n) is 7.35. The number of H-pyrrole nitrogens is 1. The second-order valence-electron chi connectivity index (χ2n) is 11.2. The molecule has 38 heavy (non-hydrogen) atoms. The zero-order chi connectivity index (χ0) is 26.9. The third kappa shape index (κ3) is 5.27. The summed E-state index contributed by atoms with van der Waals surface area (Å²) < 4.78 is 11.3. The fourth-order valence-corrected chi connectivity index (χ4v) is 5.38. The van der Waals surface area contributed by atoms with Crippen molar-refractivity contribution in [2.75, 3.05) is 24.5 Å².